The molecule has 0 saturated heterocycles. The number of halogens is 1. The lowest BCUT2D eigenvalue weighted by atomic mass is 10.1. The fourth-order valence-corrected chi connectivity index (χ4v) is 2.65. The third-order valence-corrected chi connectivity index (χ3v) is 4.17. The van der Waals surface area contributed by atoms with Crippen LogP contribution in [0.25, 0.3) is 0 Å². The maximum Gasteiger partial charge on any atom is 0.318 e. The fourth-order valence-electron chi connectivity index (χ4n) is 2.65. The number of rotatable bonds is 6. The predicted molar refractivity (Wildman–Crippen MR) is 92.2 cm³/mol. The SMILES string of the molecule is NC(=O)c1cccc(CNC(=O)N(Cc2ccc(F)cc2)C2CC2)c1. The number of hydrogen-bond acceptors (Lipinski definition) is 2. The fraction of sp³-hybridized carbons (Fsp3) is 0.263. The largest absolute Gasteiger partial charge is 0.366 e. The van der Waals surface area contributed by atoms with E-state index in [-0.39, 0.29) is 17.9 Å². The molecule has 3 amide bonds. The number of nitrogens with one attached hydrogen (secondary N) is 1. The number of hydrogen-bond donors (Lipinski definition) is 2. The van der Waals surface area contributed by atoms with Gasteiger partial charge in [0.15, 0.2) is 0 Å². The Morgan fingerprint density at radius 3 is 2.48 bits per heavy atom. The highest BCUT2D eigenvalue weighted by molar-refractivity contribution is 5.92. The van der Waals surface area contributed by atoms with Gasteiger partial charge < -0.3 is 16.0 Å². The molecular weight excluding hydrogens is 321 g/mol. The molecule has 1 saturated carbocycles. The zero-order valence-corrected chi connectivity index (χ0v) is 13.7. The summed E-state index contributed by atoms with van der Waals surface area (Å²) in [4.78, 5) is 25.5. The second-order valence-electron chi connectivity index (χ2n) is 6.21. The maximum atomic E-state index is 13.0. The molecule has 2 aromatic rings. The van der Waals surface area contributed by atoms with Crippen LogP contribution >= 0.6 is 0 Å². The van der Waals surface area contributed by atoms with Crippen molar-refractivity contribution in [1.82, 2.24) is 10.2 Å². The van der Waals surface area contributed by atoms with Crippen molar-refractivity contribution >= 4 is 11.9 Å². The average Bonchev–Trinajstić information content (AvgIpc) is 3.44. The summed E-state index contributed by atoms with van der Waals surface area (Å²) in [7, 11) is 0. The molecule has 0 radical (unpaired) electrons. The topological polar surface area (TPSA) is 75.4 Å². The molecule has 3 rings (SSSR count). The minimum absolute atomic E-state index is 0.170. The van der Waals surface area contributed by atoms with Gasteiger partial charge in [0.2, 0.25) is 5.91 Å². The Hall–Kier alpha value is -2.89. The summed E-state index contributed by atoms with van der Waals surface area (Å²) in [5.41, 5.74) is 7.38. The van der Waals surface area contributed by atoms with Gasteiger partial charge in [0.25, 0.3) is 0 Å². The van der Waals surface area contributed by atoms with Gasteiger partial charge in [-0.15, -0.1) is 0 Å². The van der Waals surface area contributed by atoms with Crippen molar-refractivity contribution in [2.24, 2.45) is 5.73 Å². The first-order chi connectivity index (χ1) is 12.0. The molecule has 25 heavy (non-hydrogen) atoms. The number of nitrogens with two attached hydrogens (primary N) is 1. The minimum Gasteiger partial charge on any atom is -0.366 e. The molecule has 1 aliphatic rings. The molecule has 0 bridgehead atoms. The van der Waals surface area contributed by atoms with Gasteiger partial charge in [-0.2, -0.15) is 0 Å². The first-order valence-electron chi connectivity index (χ1n) is 8.20. The first kappa shape index (κ1) is 17.0. The number of benzene rings is 2. The molecule has 1 fully saturated rings. The monoisotopic (exact) mass is 341 g/mol. The standard InChI is InChI=1S/C19H20FN3O2/c20-16-6-4-13(5-7-16)12-23(17-8-9-17)19(25)22-11-14-2-1-3-15(10-14)18(21)24/h1-7,10,17H,8-9,11-12H2,(H2,21,24)(H,22,25). The van der Waals surface area contributed by atoms with Crippen LogP contribution in [0.3, 0.4) is 0 Å². The van der Waals surface area contributed by atoms with Crippen molar-refractivity contribution in [3.05, 3.63) is 71.0 Å². The Kier molecular flexibility index (Phi) is 4.97. The molecule has 0 aliphatic heterocycles. The van der Waals surface area contributed by atoms with E-state index >= 15 is 0 Å². The molecule has 0 heterocycles. The lowest BCUT2D eigenvalue weighted by Crippen LogP contribution is -2.40. The van der Waals surface area contributed by atoms with Crippen LogP contribution in [0.5, 0.6) is 0 Å². The van der Waals surface area contributed by atoms with E-state index in [1.807, 2.05) is 6.07 Å². The molecule has 2 aromatic carbocycles. The van der Waals surface area contributed by atoms with Crippen LogP contribution in [-0.4, -0.2) is 22.9 Å². The Balaban J connectivity index is 1.62. The van der Waals surface area contributed by atoms with E-state index in [1.165, 1.54) is 12.1 Å². The molecule has 0 aromatic heterocycles. The molecule has 5 nitrogen and oxygen atoms in total. The van der Waals surface area contributed by atoms with E-state index in [2.05, 4.69) is 5.32 Å². The summed E-state index contributed by atoms with van der Waals surface area (Å²) in [6.45, 7) is 0.755. The van der Waals surface area contributed by atoms with Gasteiger partial charge in [0.1, 0.15) is 5.82 Å². The number of nitrogens with zero attached hydrogens (tertiary/aromatic N) is 1. The van der Waals surface area contributed by atoms with Crippen LogP contribution in [0, 0.1) is 5.82 Å². The Bertz CT molecular complexity index is 772. The van der Waals surface area contributed by atoms with E-state index < -0.39 is 5.91 Å². The summed E-state index contributed by atoms with van der Waals surface area (Å²) in [6, 6.07) is 13.1. The molecule has 0 spiro atoms. The van der Waals surface area contributed by atoms with Gasteiger partial charge >= 0.3 is 6.03 Å². The van der Waals surface area contributed by atoms with Crippen LogP contribution < -0.4 is 11.1 Å². The Morgan fingerprint density at radius 2 is 1.84 bits per heavy atom. The first-order valence-corrected chi connectivity index (χ1v) is 8.20. The van der Waals surface area contributed by atoms with Crippen LogP contribution in [-0.2, 0) is 13.1 Å². The van der Waals surface area contributed by atoms with Crippen molar-refractivity contribution in [3.63, 3.8) is 0 Å². The summed E-state index contributed by atoms with van der Waals surface area (Å²) >= 11 is 0. The molecule has 0 atom stereocenters. The smallest absolute Gasteiger partial charge is 0.318 e. The number of carbonyl (C=O) groups excluding carboxylic acids is 2. The summed E-state index contributed by atoms with van der Waals surface area (Å²) in [5, 5.41) is 2.88. The number of carbonyl (C=O) groups is 2. The zero-order chi connectivity index (χ0) is 17.8. The second-order valence-corrected chi connectivity index (χ2v) is 6.21. The summed E-state index contributed by atoms with van der Waals surface area (Å²) < 4.78 is 13.0. The van der Waals surface area contributed by atoms with E-state index in [4.69, 9.17) is 5.73 Å². The number of amides is 3. The maximum absolute atomic E-state index is 13.0. The van der Waals surface area contributed by atoms with Crippen LogP contribution in [0.2, 0.25) is 0 Å². The van der Waals surface area contributed by atoms with E-state index in [1.54, 1.807) is 35.2 Å². The van der Waals surface area contributed by atoms with Gasteiger partial charge in [-0.25, -0.2) is 9.18 Å². The van der Waals surface area contributed by atoms with Crippen molar-refractivity contribution in [3.8, 4) is 0 Å². The van der Waals surface area contributed by atoms with Gasteiger partial charge in [-0.05, 0) is 48.2 Å². The highest BCUT2D eigenvalue weighted by Crippen LogP contribution is 2.28. The molecule has 0 unspecified atom stereocenters. The third kappa shape index (κ3) is 4.56. The van der Waals surface area contributed by atoms with Crippen molar-refractivity contribution in [2.45, 2.75) is 32.0 Å². The van der Waals surface area contributed by atoms with Gasteiger partial charge in [0, 0.05) is 24.7 Å². The van der Waals surface area contributed by atoms with Crippen molar-refractivity contribution < 1.29 is 14.0 Å². The summed E-state index contributed by atoms with van der Waals surface area (Å²) in [5.74, 6) is -0.787. The van der Waals surface area contributed by atoms with Crippen LogP contribution in [0.1, 0.15) is 34.3 Å². The predicted octanol–water partition coefficient (Wildman–Crippen LogP) is 2.80. The lowest BCUT2D eigenvalue weighted by Gasteiger charge is -2.23. The molecule has 1 aliphatic carbocycles. The molecule has 130 valence electrons. The van der Waals surface area contributed by atoms with Crippen LogP contribution in [0.15, 0.2) is 48.5 Å². The van der Waals surface area contributed by atoms with E-state index in [0.29, 0.717) is 18.7 Å². The van der Waals surface area contributed by atoms with E-state index in [0.717, 1.165) is 24.0 Å². The second kappa shape index (κ2) is 7.34. The van der Waals surface area contributed by atoms with Gasteiger partial charge in [0.05, 0.1) is 0 Å². The normalized spacial score (nSPS) is 13.3. The minimum atomic E-state index is -0.496. The average molecular weight is 341 g/mol. The summed E-state index contributed by atoms with van der Waals surface area (Å²) in [6.07, 6.45) is 1.96. The van der Waals surface area contributed by atoms with Crippen molar-refractivity contribution in [1.29, 1.82) is 0 Å². The van der Waals surface area contributed by atoms with Crippen molar-refractivity contribution in [2.75, 3.05) is 0 Å². The number of urea groups is 1. The highest BCUT2D eigenvalue weighted by Gasteiger charge is 2.32. The molecular formula is C19H20FN3O2. The molecule has 3 N–H and O–H groups in total. The van der Waals surface area contributed by atoms with Gasteiger partial charge in [-0.1, -0.05) is 24.3 Å². The Morgan fingerprint density at radius 1 is 1.12 bits per heavy atom. The van der Waals surface area contributed by atoms with Crippen LogP contribution in [0.4, 0.5) is 9.18 Å². The zero-order valence-electron chi connectivity index (χ0n) is 13.7. The number of primary amides is 1. The lowest BCUT2D eigenvalue weighted by molar-refractivity contribution is 0.1000. The van der Waals surface area contributed by atoms with Gasteiger partial charge in [-0.3, -0.25) is 4.79 Å². The third-order valence-electron chi connectivity index (χ3n) is 4.17. The highest BCUT2D eigenvalue weighted by atomic mass is 19.1. The quantitative estimate of drug-likeness (QED) is 0.848. The molecule has 6 heteroatoms. The Labute approximate surface area is 145 Å². The van der Waals surface area contributed by atoms with E-state index in [9.17, 15) is 14.0 Å².